The number of aromatic carboxylic acids is 1. The van der Waals surface area contributed by atoms with Gasteiger partial charge < -0.3 is 9.84 Å². The van der Waals surface area contributed by atoms with E-state index in [9.17, 15) is 4.79 Å². The zero-order valence-electron chi connectivity index (χ0n) is 10.1. The molecule has 1 rings (SSSR count). The van der Waals surface area contributed by atoms with Crippen LogP contribution in [0.1, 0.15) is 36.8 Å². The van der Waals surface area contributed by atoms with Gasteiger partial charge in [-0.3, -0.25) is 4.68 Å². The average Bonchev–Trinajstić information content (AvgIpc) is 2.46. The van der Waals surface area contributed by atoms with Gasteiger partial charge in [-0.2, -0.15) is 5.10 Å². The van der Waals surface area contributed by atoms with Crippen LogP contribution in [0.4, 0.5) is 0 Å². The van der Waals surface area contributed by atoms with Crippen LogP contribution >= 0.6 is 0 Å². The minimum absolute atomic E-state index is 0.184. The lowest BCUT2D eigenvalue weighted by molar-refractivity contribution is -0.00811. The van der Waals surface area contributed by atoms with Crippen molar-refractivity contribution in [2.75, 3.05) is 6.61 Å². The highest BCUT2D eigenvalue weighted by atomic mass is 16.5. The highest BCUT2D eigenvalue weighted by Gasteiger charge is 2.14. The molecule has 5 heteroatoms. The monoisotopic (exact) mass is 226 g/mol. The van der Waals surface area contributed by atoms with E-state index in [-0.39, 0.29) is 11.2 Å². The number of rotatable bonds is 4. The highest BCUT2D eigenvalue weighted by molar-refractivity contribution is 5.88. The van der Waals surface area contributed by atoms with Gasteiger partial charge in [0.15, 0.2) is 0 Å². The molecule has 0 aromatic carbocycles. The number of carbonyl (C=O) groups is 1. The lowest BCUT2D eigenvalue weighted by Crippen LogP contribution is -2.22. The molecule has 5 nitrogen and oxygen atoms in total. The Labute approximate surface area is 95.0 Å². The van der Waals surface area contributed by atoms with E-state index in [2.05, 4.69) is 5.10 Å². The van der Waals surface area contributed by atoms with Crippen LogP contribution in [-0.4, -0.2) is 33.1 Å². The molecule has 0 radical (unpaired) electrons. The molecule has 1 aromatic heterocycles. The van der Waals surface area contributed by atoms with Gasteiger partial charge in [0.2, 0.25) is 0 Å². The molecule has 0 spiro atoms. The Kier molecular flexibility index (Phi) is 3.70. The second-order valence-electron chi connectivity index (χ2n) is 4.63. The Morgan fingerprint density at radius 2 is 2.19 bits per heavy atom. The Bertz CT molecular complexity index is 377. The zero-order chi connectivity index (χ0) is 12.3. The van der Waals surface area contributed by atoms with Crippen molar-refractivity contribution in [1.29, 1.82) is 0 Å². The van der Waals surface area contributed by atoms with E-state index in [1.807, 2.05) is 20.8 Å². The van der Waals surface area contributed by atoms with Crippen molar-refractivity contribution in [2.45, 2.75) is 39.8 Å². The van der Waals surface area contributed by atoms with Gasteiger partial charge in [-0.15, -0.1) is 0 Å². The maximum absolute atomic E-state index is 10.8. The summed E-state index contributed by atoms with van der Waals surface area (Å²) in [5, 5.41) is 12.9. The van der Waals surface area contributed by atoms with E-state index in [0.29, 0.717) is 18.8 Å². The van der Waals surface area contributed by atoms with Gasteiger partial charge in [-0.05, 0) is 27.7 Å². The third-order valence-electron chi connectivity index (χ3n) is 2.17. The molecule has 0 atom stereocenters. The molecule has 90 valence electrons. The summed E-state index contributed by atoms with van der Waals surface area (Å²) >= 11 is 0. The number of hydrogen-bond donors (Lipinski definition) is 1. The molecule has 0 bridgehead atoms. The minimum Gasteiger partial charge on any atom is -0.478 e. The van der Waals surface area contributed by atoms with E-state index in [0.717, 1.165) is 0 Å². The number of ether oxygens (including phenoxy) is 1. The van der Waals surface area contributed by atoms with Crippen LogP contribution in [-0.2, 0) is 11.3 Å². The largest absolute Gasteiger partial charge is 0.478 e. The Balaban J connectivity index is 2.59. The first-order valence-corrected chi connectivity index (χ1v) is 5.21. The van der Waals surface area contributed by atoms with Crippen LogP contribution in [0.5, 0.6) is 0 Å². The Morgan fingerprint density at radius 1 is 1.56 bits per heavy atom. The van der Waals surface area contributed by atoms with Crippen LogP contribution in [0.2, 0.25) is 0 Å². The summed E-state index contributed by atoms with van der Waals surface area (Å²) in [7, 11) is 0. The first-order valence-electron chi connectivity index (χ1n) is 5.21. The van der Waals surface area contributed by atoms with Crippen molar-refractivity contribution in [3.8, 4) is 0 Å². The van der Waals surface area contributed by atoms with Crippen molar-refractivity contribution in [3.05, 3.63) is 17.5 Å². The smallest absolute Gasteiger partial charge is 0.339 e. The van der Waals surface area contributed by atoms with Crippen molar-refractivity contribution < 1.29 is 14.6 Å². The van der Waals surface area contributed by atoms with E-state index in [1.54, 1.807) is 11.6 Å². The van der Waals surface area contributed by atoms with E-state index in [1.165, 1.54) is 6.20 Å². The fourth-order valence-electron chi connectivity index (χ4n) is 1.32. The highest BCUT2D eigenvalue weighted by Crippen LogP contribution is 2.09. The second kappa shape index (κ2) is 4.65. The van der Waals surface area contributed by atoms with Gasteiger partial charge in [0, 0.05) is 5.69 Å². The standard InChI is InChI=1S/C11H18N2O3/c1-8-9(10(14)15)7-12-13(8)5-6-16-11(2,3)4/h7H,5-6H2,1-4H3,(H,14,15). The van der Waals surface area contributed by atoms with Crippen molar-refractivity contribution in [2.24, 2.45) is 0 Å². The summed E-state index contributed by atoms with van der Waals surface area (Å²) in [4.78, 5) is 10.8. The molecule has 1 aromatic rings. The molecule has 0 aliphatic rings. The number of hydrogen-bond acceptors (Lipinski definition) is 3. The third kappa shape index (κ3) is 3.34. The maximum Gasteiger partial charge on any atom is 0.339 e. The lowest BCUT2D eigenvalue weighted by atomic mass is 10.2. The molecule has 0 saturated carbocycles. The molecule has 1 heterocycles. The van der Waals surface area contributed by atoms with Crippen molar-refractivity contribution >= 4 is 5.97 Å². The van der Waals surface area contributed by atoms with E-state index < -0.39 is 5.97 Å². The molecule has 0 amide bonds. The summed E-state index contributed by atoms with van der Waals surface area (Å²) in [6, 6.07) is 0. The van der Waals surface area contributed by atoms with Crippen LogP contribution < -0.4 is 0 Å². The molecule has 0 fully saturated rings. The first kappa shape index (κ1) is 12.7. The molecule has 0 saturated heterocycles. The number of aromatic nitrogens is 2. The first-order chi connectivity index (χ1) is 7.31. The van der Waals surface area contributed by atoms with Crippen LogP contribution in [0, 0.1) is 6.92 Å². The van der Waals surface area contributed by atoms with Crippen LogP contribution in [0.3, 0.4) is 0 Å². The summed E-state index contributed by atoms with van der Waals surface area (Å²) in [6.07, 6.45) is 1.37. The molecule has 0 unspecified atom stereocenters. The molecular formula is C11H18N2O3. The predicted molar refractivity (Wildman–Crippen MR) is 59.6 cm³/mol. The van der Waals surface area contributed by atoms with Crippen LogP contribution in [0.25, 0.3) is 0 Å². The van der Waals surface area contributed by atoms with Gasteiger partial charge in [-0.25, -0.2) is 4.79 Å². The average molecular weight is 226 g/mol. The van der Waals surface area contributed by atoms with E-state index in [4.69, 9.17) is 9.84 Å². The maximum atomic E-state index is 10.8. The molecule has 1 N–H and O–H groups in total. The van der Waals surface area contributed by atoms with Gasteiger partial charge >= 0.3 is 5.97 Å². The van der Waals surface area contributed by atoms with E-state index >= 15 is 0 Å². The fraction of sp³-hybridized carbons (Fsp3) is 0.636. The summed E-state index contributed by atoms with van der Waals surface area (Å²) < 4.78 is 7.20. The minimum atomic E-state index is -0.944. The third-order valence-corrected chi connectivity index (χ3v) is 2.17. The van der Waals surface area contributed by atoms with Crippen molar-refractivity contribution in [1.82, 2.24) is 9.78 Å². The predicted octanol–water partition coefficient (Wildman–Crippen LogP) is 1.70. The van der Waals surface area contributed by atoms with Gasteiger partial charge in [0.1, 0.15) is 5.56 Å². The number of carboxylic acids is 1. The summed E-state index contributed by atoms with van der Waals surface area (Å²) in [5.74, 6) is -0.944. The van der Waals surface area contributed by atoms with Gasteiger partial charge in [0.05, 0.1) is 24.9 Å². The molecule has 0 aliphatic carbocycles. The van der Waals surface area contributed by atoms with Gasteiger partial charge in [-0.1, -0.05) is 0 Å². The SMILES string of the molecule is Cc1c(C(=O)O)cnn1CCOC(C)(C)C. The Hall–Kier alpha value is -1.36. The normalized spacial score (nSPS) is 11.8. The summed E-state index contributed by atoms with van der Waals surface area (Å²) in [6.45, 7) is 8.76. The lowest BCUT2D eigenvalue weighted by Gasteiger charge is -2.19. The second-order valence-corrected chi connectivity index (χ2v) is 4.63. The summed E-state index contributed by atoms with van der Waals surface area (Å²) in [5.41, 5.74) is 0.720. The molecular weight excluding hydrogens is 208 g/mol. The Morgan fingerprint density at radius 3 is 2.62 bits per heavy atom. The molecule has 0 aliphatic heterocycles. The quantitative estimate of drug-likeness (QED) is 0.848. The van der Waals surface area contributed by atoms with Crippen molar-refractivity contribution in [3.63, 3.8) is 0 Å². The van der Waals surface area contributed by atoms with Gasteiger partial charge in [0.25, 0.3) is 0 Å². The zero-order valence-corrected chi connectivity index (χ0v) is 10.1. The van der Waals surface area contributed by atoms with Crippen LogP contribution in [0.15, 0.2) is 6.20 Å². The number of carboxylic acid groups (broad SMARTS) is 1. The number of nitrogens with zero attached hydrogens (tertiary/aromatic N) is 2. The fourth-order valence-corrected chi connectivity index (χ4v) is 1.32. The molecule has 16 heavy (non-hydrogen) atoms. The topological polar surface area (TPSA) is 64.3 Å².